The van der Waals surface area contributed by atoms with Crippen molar-refractivity contribution in [1.29, 1.82) is 0 Å². The highest BCUT2D eigenvalue weighted by molar-refractivity contribution is 9.10. The molecule has 1 aromatic heterocycles. The molecule has 19 heavy (non-hydrogen) atoms. The molecule has 1 heterocycles. The summed E-state index contributed by atoms with van der Waals surface area (Å²) in [4.78, 5) is 4.30. The Hall–Kier alpha value is -2.07. The van der Waals surface area contributed by atoms with Crippen LogP contribution >= 0.6 is 15.9 Å². The molecule has 0 atom stereocenters. The Morgan fingerprint density at radius 1 is 1.05 bits per heavy atom. The van der Waals surface area contributed by atoms with Crippen molar-refractivity contribution in [2.24, 2.45) is 0 Å². The van der Waals surface area contributed by atoms with E-state index in [0.717, 1.165) is 21.1 Å². The van der Waals surface area contributed by atoms with E-state index in [-0.39, 0.29) is 0 Å². The molecular formula is C15H11BrN2O. The normalized spacial score (nSPS) is 10.6. The fraction of sp³-hybridized carbons (Fsp3) is 0. The third kappa shape index (κ3) is 2.53. The van der Waals surface area contributed by atoms with Crippen molar-refractivity contribution in [1.82, 2.24) is 4.98 Å². The number of anilines is 1. The van der Waals surface area contributed by atoms with Gasteiger partial charge in [0.2, 0.25) is 0 Å². The molecule has 0 unspecified atom stereocenters. The number of hydrogen-bond donors (Lipinski definition) is 1. The maximum absolute atomic E-state index is 5.89. The number of rotatable bonds is 2. The lowest BCUT2D eigenvalue weighted by molar-refractivity contribution is 0.485. The van der Waals surface area contributed by atoms with Crippen LogP contribution in [0.15, 0.2) is 59.2 Å². The molecule has 3 nitrogen and oxygen atoms in total. The molecule has 3 aromatic rings. The molecule has 0 saturated carbocycles. The van der Waals surface area contributed by atoms with Crippen molar-refractivity contribution >= 4 is 32.5 Å². The van der Waals surface area contributed by atoms with Crippen LogP contribution in [0.4, 0.5) is 5.69 Å². The summed E-state index contributed by atoms with van der Waals surface area (Å²) in [6.45, 7) is 0. The van der Waals surface area contributed by atoms with Gasteiger partial charge in [0, 0.05) is 22.1 Å². The Morgan fingerprint density at radius 3 is 2.84 bits per heavy atom. The average Bonchev–Trinajstić information content (AvgIpc) is 2.43. The van der Waals surface area contributed by atoms with Gasteiger partial charge < -0.3 is 10.5 Å². The molecule has 0 amide bonds. The summed E-state index contributed by atoms with van der Waals surface area (Å²) in [6.07, 6.45) is 1.76. The van der Waals surface area contributed by atoms with E-state index in [9.17, 15) is 0 Å². The molecule has 0 spiro atoms. The summed E-state index contributed by atoms with van der Waals surface area (Å²) in [7, 11) is 0. The zero-order valence-electron chi connectivity index (χ0n) is 10.0. The minimum Gasteiger partial charge on any atom is -0.455 e. The first-order chi connectivity index (χ1) is 9.22. The van der Waals surface area contributed by atoms with Gasteiger partial charge >= 0.3 is 0 Å². The predicted molar refractivity (Wildman–Crippen MR) is 80.4 cm³/mol. The van der Waals surface area contributed by atoms with Gasteiger partial charge in [-0.25, -0.2) is 0 Å². The highest BCUT2D eigenvalue weighted by atomic mass is 79.9. The van der Waals surface area contributed by atoms with Crippen LogP contribution in [0.5, 0.6) is 11.5 Å². The van der Waals surface area contributed by atoms with Crippen molar-refractivity contribution in [3.8, 4) is 11.5 Å². The largest absolute Gasteiger partial charge is 0.455 e. The van der Waals surface area contributed by atoms with Crippen molar-refractivity contribution in [3.05, 3.63) is 59.2 Å². The molecule has 3 rings (SSSR count). The number of ether oxygens (including phenoxy) is 1. The van der Waals surface area contributed by atoms with Gasteiger partial charge in [0.25, 0.3) is 0 Å². The first-order valence-corrected chi connectivity index (χ1v) is 6.59. The van der Waals surface area contributed by atoms with Crippen LogP contribution in [0.1, 0.15) is 0 Å². The Bertz CT molecular complexity index is 743. The Morgan fingerprint density at radius 2 is 1.95 bits per heavy atom. The lowest BCUT2D eigenvalue weighted by Crippen LogP contribution is -1.92. The molecule has 2 N–H and O–H groups in total. The quantitative estimate of drug-likeness (QED) is 0.714. The number of nitrogens with zero attached hydrogens (tertiary/aromatic N) is 1. The average molecular weight is 315 g/mol. The van der Waals surface area contributed by atoms with Crippen molar-refractivity contribution in [3.63, 3.8) is 0 Å². The van der Waals surface area contributed by atoms with E-state index in [0.29, 0.717) is 11.4 Å². The fourth-order valence-electron chi connectivity index (χ4n) is 1.83. The van der Waals surface area contributed by atoms with Crippen LogP contribution < -0.4 is 10.5 Å². The van der Waals surface area contributed by atoms with Gasteiger partial charge in [-0.1, -0.05) is 22.0 Å². The van der Waals surface area contributed by atoms with Gasteiger partial charge in [0.1, 0.15) is 5.75 Å². The summed E-state index contributed by atoms with van der Waals surface area (Å²) >= 11 is 3.40. The number of benzene rings is 2. The molecule has 0 aliphatic carbocycles. The molecule has 4 heteroatoms. The van der Waals surface area contributed by atoms with E-state index in [1.165, 1.54) is 0 Å². The molecule has 2 aromatic carbocycles. The number of aromatic nitrogens is 1. The summed E-state index contributed by atoms with van der Waals surface area (Å²) in [5, 5.41) is 1.08. The minimum atomic E-state index is 0.601. The third-order valence-corrected chi connectivity index (χ3v) is 3.27. The first-order valence-electron chi connectivity index (χ1n) is 5.80. The van der Waals surface area contributed by atoms with Crippen LogP contribution in [0.2, 0.25) is 0 Å². The van der Waals surface area contributed by atoms with Gasteiger partial charge in [-0.05, 0) is 36.4 Å². The van der Waals surface area contributed by atoms with Crippen molar-refractivity contribution in [2.45, 2.75) is 0 Å². The van der Waals surface area contributed by atoms with E-state index in [1.54, 1.807) is 12.3 Å². The molecular weight excluding hydrogens is 304 g/mol. The predicted octanol–water partition coefficient (Wildman–Crippen LogP) is 4.37. The van der Waals surface area contributed by atoms with Crippen LogP contribution in [-0.2, 0) is 0 Å². The molecule has 0 bridgehead atoms. The minimum absolute atomic E-state index is 0.601. The van der Waals surface area contributed by atoms with E-state index in [4.69, 9.17) is 10.5 Å². The monoisotopic (exact) mass is 314 g/mol. The van der Waals surface area contributed by atoms with E-state index in [1.807, 2.05) is 42.5 Å². The Labute approximate surface area is 119 Å². The second-order valence-electron chi connectivity index (χ2n) is 4.14. The first kappa shape index (κ1) is 12.0. The highest BCUT2D eigenvalue weighted by Crippen LogP contribution is 2.31. The van der Waals surface area contributed by atoms with Gasteiger partial charge in [-0.15, -0.1) is 0 Å². The molecule has 94 valence electrons. The summed E-state index contributed by atoms with van der Waals surface area (Å²) < 4.78 is 6.73. The number of nitrogens with two attached hydrogens (primary N) is 1. The second-order valence-corrected chi connectivity index (χ2v) is 5.06. The SMILES string of the molecule is Nc1ccc(Br)cc1Oc1ccc2cccnc2c1. The van der Waals surface area contributed by atoms with Crippen LogP contribution in [0.3, 0.4) is 0 Å². The maximum atomic E-state index is 5.89. The van der Waals surface area contributed by atoms with E-state index in [2.05, 4.69) is 20.9 Å². The number of hydrogen-bond acceptors (Lipinski definition) is 3. The van der Waals surface area contributed by atoms with Crippen LogP contribution in [0.25, 0.3) is 10.9 Å². The third-order valence-electron chi connectivity index (χ3n) is 2.78. The van der Waals surface area contributed by atoms with E-state index < -0.39 is 0 Å². The number of fused-ring (bicyclic) bond motifs is 1. The smallest absolute Gasteiger partial charge is 0.151 e. The highest BCUT2D eigenvalue weighted by Gasteiger charge is 2.04. The number of nitrogen functional groups attached to an aromatic ring is 1. The van der Waals surface area contributed by atoms with E-state index >= 15 is 0 Å². The van der Waals surface area contributed by atoms with Crippen LogP contribution in [0, 0.1) is 0 Å². The molecule has 0 fully saturated rings. The van der Waals surface area contributed by atoms with Crippen molar-refractivity contribution < 1.29 is 4.74 Å². The molecule has 0 radical (unpaired) electrons. The molecule has 0 aliphatic rings. The lowest BCUT2D eigenvalue weighted by atomic mass is 10.2. The van der Waals surface area contributed by atoms with Gasteiger partial charge in [-0.3, -0.25) is 4.98 Å². The standard InChI is InChI=1S/C15H11BrN2O/c16-11-4-6-13(17)15(8-11)19-12-5-3-10-2-1-7-18-14(10)9-12/h1-9H,17H2. The summed E-state index contributed by atoms with van der Waals surface area (Å²) in [5.41, 5.74) is 7.39. The van der Waals surface area contributed by atoms with Gasteiger partial charge in [0.05, 0.1) is 11.2 Å². The van der Waals surface area contributed by atoms with Gasteiger partial charge in [-0.2, -0.15) is 0 Å². The fourth-order valence-corrected chi connectivity index (χ4v) is 2.17. The summed E-state index contributed by atoms with van der Waals surface area (Å²) in [5.74, 6) is 1.35. The second kappa shape index (κ2) is 4.90. The van der Waals surface area contributed by atoms with Crippen molar-refractivity contribution in [2.75, 3.05) is 5.73 Å². The zero-order chi connectivity index (χ0) is 13.2. The zero-order valence-corrected chi connectivity index (χ0v) is 11.6. The molecule has 0 saturated heterocycles. The van der Waals surface area contributed by atoms with Gasteiger partial charge in [0.15, 0.2) is 5.75 Å². The number of pyridine rings is 1. The van der Waals surface area contributed by atoms with Crippen LogP contribution in [-0.4, -0.2) is 4.98 Å². The Balaban J connectivity index is 1.98. The Kier molecular flexibility index (Phi) is 3.09. The lowest BCUT2D eigenvalue weighted by Gasteiger charge is -2.09. The topological polar surface area (TPSA) is 48.1 Å². The number of halogens is 1. The molecule has 0 aliphatic heterocycles. The maximum Gasteiger partial charge on any atom is 0.151 e. The summed E-state index contributed by atoms with van der Waals surface area (Å²) in [6, 6.07) is 15.2.